The molecule has 0 atom stereocenters. The van der Waals surface area contributed by atoms with Gasteiger partial charge in [-0.05, 0) is 25.7 Å². The van der Waals surface area contributed by atoms with Crippen molar-refractivity contribution in [3.8, 4) is 0 Å². The van der Waals surface area contributed by atoms with Crippen molar-refractivity contribution in [1.82, 2.24) is 9.78 Å². The summed E-state index contributed by atoms with van der Waals surface area (Å²) in [5, 5.41) is 13.6. The van der Waals surface area contributed by atoms with E-state index in [-0.39, 0.29) is 4.87 Å². The van der Waals surface area contributed by atoms with Crippen molar-refractivity contribution in [2.75, 3.05) is 0 Å². The van der Waals surface area contributed by atoms with E-state index in [9.17, 15) is 9.90 Å². The average Bonchev–Trinajstić information content (AvgIpc) is 2.44. The fourth-order valence-electron chi connectivity index (χ4n) is 1.53. The predicted octanol–water partition coefficient (Wildman–Crippen LogP) is 0.610. The van der Waals surface area contributed by atoms with Crippen LogP contribution in [0.5, 0.6) is 0 Å². The molecule has 13 heavy (non-hydrogen) atoms. The zero-order chi connectivity index (χ0) is 9.31. The van der Waals surface area contributed by atoms with Crippen LogP contribution >= 0.6 is 11.3 Å². The third kappa shape index (κ3) is 1.81. The molecule has 0 aliphatic heterocycles. The molecular weight excluding hydrogens is 188 g/mol. The second kappa shape index (κ2) is 3.23. The predicted molar refractivity (Wildman–Crippen MR) is 49.8 cm³/mol. The molecule has 1 aromatic rings. The molecule has 1 heterocycles. The van der Waals surface area contributed by atoms with Gasteiger partial charge in [0.2, 0.25) is 0 Å². The zero-order valence-corrected chi connectivity index (χ0v) is 8.09. The number of aromatic nitrogens is 2. The highest BCUT2D eigenvalue weighted by Crippen LogP contribution is 2.34. The third-order valence-electron chi connectivity index (χ3n) is 2.62. The van der Waals surface area contributed by atoms with Crippen molar-refractivity contribution in [3.63, 3.8) is 0 Å². The van der Waals surface area contributed by atoms with Gasteiger partial charge in [0.15, 0.2) is 0 Å². The number of rotatable bonds is 3. The molecule has 2 rings (SSSR count). The minimum atomic E-state index is -0.511. The Bertz CT molecular complexity index is 340. The fraction of sp³-hybridized carbons (Fsp3) is 0.750. The molecule has 5 heteroatoms. The first-order valence-corrected chi connectivity index (χ1v) is 5.31. The molecule has 1 fully saturated rings. The number of aryl methyl sites for hydroxylation is 1. The monoisotopic (exact) mass is 200 g/mol. The van der Waals surface area contributed by atoms with Gasteiger partial charge in [-0.1, -0.05) is 11.3 Å². The van der Waals surface area contributed by atoms with Gasteiger partial charge in [0, 0.05) is 6.54 Å². The van der Waals surface area contributed by atoms with Crippen molar-refractivity contribution in [3.05, 3.63) is 15.2 Å². The second-order valence-electron chi connectivity index (χ2n) is 3.56. The molecule has 4 nitrogen and oxygen atoms in total. The first kappa shape index (κ1) is 8.90. The number of aliphatic hydroxyl groups is 1. The Labute approximate surface area is 79.8 Å². The maximum atomic E-state index is 11.1. The molecule has 0 aromatic carbocycles. The number of hydrogen-bond donors (Lipinski definition) is 1. The summed E-state index contributed by atoms with van der Waals surface area (Å²) in [6.07, 6.45) is 3.48. The van der Waals surface area contributed by atoms with Crippen LogP contribution in [-0.2, 0) is 6.54 Å². The van der Waals surface area contributed by atoms with Crippen molar-refractivity contribution >= 4 is 11.3 Å². The van der Waals surface area contributed by atoms with Gasteiger partial charge in [-0.2, -0.15) is 5.10 Å². The summed E-state index contributed by atoms with van der Waals surface area (Å²) in [5.74, 6) is 0. The minimum Gasteiger partial charge on any atom is -0.390 e. The largest absolute Gasteiger partial charge is 0.390 e. The van der Waals surface area contributed by atoms with E-state index in [2.05, 4.69) is 5.10 Å². The molecule has 1 N–H and O–H groups in total. The molecule has 1 aliphatic carbocycles. The van der Waals surface area contributed by atoms with Crippen molar-refractivity contribution in [2.45, 2.75) is 37.8 Å². The van der Waals surface area contributed by atoms with Crippen LogP contribution in [0.15, 0.2) is 10.3 Å². The Morgan fingerprint density at radius 1 is 1.69 bits per heavy atom. The molecule has 0 saturated heterocycles. The SMILES string of the molecule is O=c1scnn1CCC1(O)CCC1. The lowest BCUT2D eigenvalue weighted by molar-refractivity contribution is -0.0440. The van der Waals surface area contributed by atoms with Gasteiger partial charge in [-0.15, -0.1) is 0 Å². The topological polar surface area (TPSA) is 55.1 Å². The normalized spacial score (nSPS) is 19.8. The maximum Gasteiger partial charge on any atom is 0.324 e. The summed E-state index contributed by atoms with van der Waals surface area (Å²) >= 11 is 1.10. The summed E-state index contributed by atoms with van der Waals surface area (Å²) in [4.78, 5) is 11.0. The van der Waals surface area contributed by atoms with E-state index < -0.39 is 5.60 Å². The lowest BCUT2D eigenvalue weighted by atomic mass is 9.78. The molecule has 0 amide bonds. The van der Waals surface area contributed by atoms with Gasteiger partial charge in [0.05, 0.1) is 5.60 Å². The maximum absolute atomic E-state index is 11.1. The van der Waals surface area contributed by atoms with E-state index in [1.165, 1.54) is 10.2 Å². The van der Waals surface area contributed by atoms with Crippen LogP contribution in [0, 0.1) is 0 Å². The Morgan fingerprint density at radius 3 is 2.92 bits per heavy atom. The summed E-state index contributed by atoms with van der Waals surface area (Å²) in [6.45, 7) is 0.541. The highest BCUT2D eigenvalue weighted by molar-refractivity contribution is 7.06. The van der Waals surface area contributed by atoms with Crippen molar-refractivity contribution in [2.24, 2.45) is 0 Å². The van der Waals surface area contributed by atoms with Gasteiger partial charge in [0.25, 0.3) is 0 Å². The van der Waals surface area contributed by atoms with Crippen molar-refractivity contribution in [1.29, 1.82) is 0 Å². The second-order valence-corrected chi connectivity index (χ2v) is 4.35. The van der Waals surface area contributed by atoms with Crippen LogP contribution in [0.4, 0.5) is 0 Å². The summed E-state index contributed by atoms with van der Waals surface area (Å²) in [5.41, 5.74) is 1.02. The van der Waals surface area contributed by atoms with Crippen LogP contribution in [0.25, 0.3) is 0 Å². The van der Waals surface area contributed by atoms with Crippen molar-refractivity contribution < 1.29 is 5.11 Å². The molecule has 0 radical (unpaired) electrons. The molecule has 1 aromatic heterocycles. The summed E-state index contributed by atoms with van der Waals surface area (Å²) < 4.78 is 1.42. The Hall–Kier alpha value is -0.680. The average molecular weight is 200 g/mol. The van der Waals surface area contributed by atoms with Gasteiger partial charge >= 0.3 is 4.87 Å². The third-order valence-corrected chi connectivity index (χ3v) is 3.24. The molecule has 1 aliphatic rings. The first-order chi connectivity index (χ1) is 6.20. The molecule has 1 saturated carbocycles. The molecule has 0 bridgehead atoms. The zero-order valence-electron chi connectivity index (χ0n) is 7.27. The van der Waals surface area contributed by atoms with E-state index in [0.717, 1.165) is 30.6 Å². The smallest absolute Gasteiger partial charge is 0.324 e. The van der Waals surface area contributed by atoms with Crippen LogP contribution in [-0.4, -0.2) is 20.5 Å². The van der Waals surface area contributed by atoms with Crippen LogP contribution < -0.4 is 4.87 Å². The molecule has 0 spiro atoms. The van der Waals surface area contributed by atoms with Gasteiger partial charge in [-0.25, -0.2) is 4.68 Å². The highest BCUT2D eigenvalue weighted by atomic mass is 32.1. The first-order valence-electron chi connectivity index (χ1n) is 4.43. The van der Waals surface area contributed by atoms with Gasteiger partial charge < -0.3 is 5.11 Å². The summed E-state index contributed by atoms with van der Waals surface area (Å²) in [7, 11) is 0. The van der Waals surface area contributed by atoms with Gasteiger partial charge in [0.1, 0.15) is 5.51 Å². The highest BCUT2D eigenvalue weighted by Gasteiger charge is 2.33. The lowest BCUT2D eigenvalue weighted by Crippen LogP contribution is -2.38. The van der Waals surface area contributed by atoms with E-state index in [0.29, 0.717) is 13.0 Å². The quantitative estimate of drug-likeness (QED) is 0.777. The molecular formula is C8H12N2O2S. The Morgan fingerprint density at radius 2 is 2.46 bits per heavy atom. The van der Waals surface area contributed by atoms with E-state index in [4.69, 9.17) is 0 Å². The number of nitrogens with zero attached hydrogens (tertiary/aromatic N) is 2. The Balaban J connectivity index is 1.93. The van der Waals surface area contributed by atoms with Gasteiger partial charge in [-0.3, -0.25) is 4.79 Å². The Kier molecular flexibility index (Phi) is 2.21. The van der Waals surface area contributed by atoms with Crippen LogP contribution in [0.2, 0.25) is 0 Å². The standard InChI is InChI=1S/C8H12N2O2S/c11-7-10(9-6-13-7)5-4-8(12)2-1-3-8/h6,12H,1-5H2. The van der Waals surface area contributed by atoms with E-state index in [1.807, 2.05) is 0 Å². The number of hydrogen-bond acceptors (Lipinski definition) is 4. The van der Waals surface area contributed by atoms with Crippen LogP contribution in [0.3, 0.4) is 0 Å². The molecule has 0 unspecified atom stereocenters. The van der Waals surface area contributed by atoms with E-state index in [1.54, 1.807) is 0 Å². The minimum absolute atomic E-state index is 0.0390. The van der Waals surface area contributed by atoms with Crippen LogP contribution in [0.1, 0.15) is 25.7 Å². The fourth-order valence-corrected chi connectivity index (χ4v) is 2.04. The summed E-state index contributed by atoms with van der Waals surface area (Å²) in [6, 6.07) is 0. The molecule has 72 valence electrons. The lowest BCUT2D eigenvalue weighted by Gasteiger charge is -2.36. The van der Waals surface area contributed by atoms with E-state index >= 15 is 0 Å².